The topological polar surface area (TPSA) is 44.7 Å². The van der Waals surface area contributed by atoms with Gasteiger partial charge in [-0.2, -0.15) is 5.10 Å². The van der Waals surface area contributed by atoms with Gasteiger partial charge in [0.25, 0.3) is 0 Å². The van der Waals surface area contributed by atoms with Gasteiger partial charge in [-0.05, 0) is 42.0 Å². The highest BCUT2D eigenvalue weighted by Crippen LogP contribution is 2.33. The fourth-order valence-corrected chi connectivity index (χ4v) is 2.45. The van der Waals surface area contributed by atoms with E-state index in [9.17, 15) is 4.79 Å². The first-order valence-corrected chi connectivity index (χ1v) is 7.61. The number of hydrogen-bond acceptors (Lipinski definition) is 3. The average molecular weight is 315 g/mol. The Balaban J connectivity index is 1.96. The van der Waals surface area contributed by atoms with Crippen molar-refractivity contribution in [3.63, 3.8) is 0 Å². The molecule has 0 spiro atoms. The lowest BCUT2D eigenvalue weighted by atomic mass is 10.1. The minimum absolute atomic E-state index is 0.539. The van der Waals surface area contributed by atoms with Crippen LogP contribution in [-0.4, -0.2) is 12.6 Å². The summed E-state index contributed by atoms with van der Waals surface area (Å²) in [5.74, 6) is 0. The first kappa shape index (κ1) is 15.5. The molecule has 0 aliphatic carbocycles. The van der Waals surface area contributed by atoms with E-state index in [1.807, 2.05) is 60.7 Å². The third-order valence-corrected chi connectivity index (χ3v) is 3.52. The van der Waals surface area contributed by atoms with Crippen LogP contribution in [0.15, 0.2) is 90.0 Å². The average Bonchev–Trinajstić information content (AvgIpc) is 2.65. The molecule has 0 heterocycles. The van der Waals surface area contributed by atoms with Crippen molar-refractivity contribution in [1.29, 1.82) is 0 Å². The molecule has 0 radical (unpaired) electrons. The predicted molar refractivity (Wildman–Crippen MR) is 97.9 cm³/mol. The Morgan fingerprint density at radius 2 is 1.21 bits per heavy atom. The number of nitrogens with zero attached hydrogens (tertiary/aromatic N) is 2. The fourth-order valence-electron chi connectivity index (χ4n) is 2.45. The standard InChI is InChI=1S/C20H17N3O/c24-16-22-21-15-17-11-13-20(14-12-17)23(18-7-3-1-4-8-18)19-9-5-2-6-10-19/h1-16H,(H,22,24)/b21-15+. The summed E-state index contributed by atoms with van der Waals surface area (Å²) in [5, 5.41) is 3.79. The summed E-state index contributed by atoms with van der Waals surface area (Å²) in [7, 11) is 0. The van der Waals surface area contributed by atoms with Crippen LogP contribution in [0.1, 0.15) is 5.56 Å². The second-order valence-corrected chi connectivity index (χ2v) is 5.10. The smallest absolute Gasteiger partial charge is 0.227 e. The maximum atomic E-state index is 10.2. The van der Waals surface area contributed by atoms with E-state index in [-0.39, 0.29) is 0 Å². The molecule has 0 aliphatic heterocycles. The third-order valence-electron chi connectivity index (χ3n) is 3.52. The van der Waals surface area contributed by atoms with Crippen LogP contribution < -0.4 is 10.3 Å². The fraction of sp³-hybridized carbons (Fsp3) is 0. The number of benzene rings is 3. The van der Waals surface area contributed by atoms with Crippen LogP contribution in [0.3, 0.4) is 0 Å². The van der Waals surface area contributed by atoms with Crippen LogP contribution in [0.2, 0.25) is 0 Å². The molecule has 3 aromatic carbocycles. The molecule has 0 aliphatic rings. The van der Waals surface area contributed by atoms with Gasteiger partial charge in [0, 0.05) is 17.1 Å². The van der Waals surface area contributed by atoms with Crippen molar-refractivity contribution in [2.75, 3.05) is 4.90 Å². The maximum absolute atomic E-state index is 10.2. The number of hydrazone groups is 1. The monoisotopic (exact) mass is 315 g/mol. The highest BCUT2D eigenvalue weighted by atomic mass is 16.1. The summed E-state index contributed by atoms with van der Waals surface area (Å²) in [6.45, 7) is 0. The molecule has 24 heavy (non-hydrogen) atoms. The predicted octanol–water partition coefficient (Wildman–Crippen LogP) is 4.24. The van der Waals surface area contributed by atoms with Crippen molar-refractivity contribution >= 4 is 29.7 Å². The van der Waals surface area contributed by atoms with E-state index in [1.165, 1.54) is 0 Å². The summed E-state index contributed by atoms with van der Waals surface area (Å²) in [5.41, 5.74) is 6.41. The molecule has 118 valence electrons. The number of carbonyl (C=O) groups is 1. The molecule has 0 atom stereocenters. The summed E-state index contributed by atoms with van der Waals surface area (Å²) >= 11 is 0. The second kappa shape index (κ2) is 7.74. The summed E-state index contributed by atoms with van der Waals surface area (Å²) in [6, 6.07) is 28.4. The van der Waals surface area contributed by atoms with Crippen molar-refractivity contribution in [3.8, 4) is 0 Å². The molecule has 0 saturated heterocycles. The van der Waals surface area contributed by atoms with Gasteiger partial charge >= 0.3 is 0 Å². The van der Waals surface area contributed by atoms with Gasteiger partial charge in [0.2, 0.25) is 6.41 Å². The van der Waals surface area contributed by atoms with Crippen LogP contribution in [0.4, 0.5) is 17.1 Å². The Kier molecular flexibility index (Phi) is 5.00. The Morgan fingerprint density at radius 3 is 1.71 bits per heavy atom. The van der Waals surface area contributed by atoms with Gasteiger partial charge in [-0.15, -0.1) is 0 Å². The number of rotatable bonds is 6. The Hall–Kier alpha value is -3.40. The Morgan fingerprint density at radius 1 is 0.708 bits per heavy atom. The van der Waals surface area contributed by atoms with Crippen LogP contribution in [0, 0.1) is 0 Å². The number of carbonyl (C=O) groups excluding carboxylic acids is 1. The zero-order chi connectivity index (χ0) is 16.6. The number of nitrogens with one attached hydrogen (secondary N) is 1. The lowest BCUT2D eigenvalue weighted by Gasteiger charge is -2.25. The summed E-state index contributed by atoms with van der Waals surface area (Å²) < 4.78 is 0. The molecular formula is C20H17N3O. The van der Waals surface area contributed by atoms with Gasteiger partial charge in [0.05, 0.1) is 6.21 Å². The highest BCUT2D eigenvalue weighted by molar-refractivity contribution is 5.82. The van der Waals surface area contributed by atoms with Crippen molar-refractivity contribution < 1.29 is 4.79 Å². The maximum Gasteiger partial charge on any atom is 0.227 e. The van der Waals surface area contributed by atoms with Crippen molar-refractivity contribution in [2.45, 2.75) is 0 Å². The lowest BCUT2D eigenvalue weighted by molar-refractivity contribution is -0.109. The minimum atomic E-state index is 0.539. The first-order chi connectivity index (χ1) is 11.9. The van der Waals surface area contributed by atoms with Gasteiger partial charge in [-0.25, -0.2) is 5.43 Å². The molecule has 4 heteroatoms. The van der Waals surface area contributed by atoms with Gasteiger partial charge in [0.15, 0.2) is 0 Å². The van der Waals surface area contributed by atoms with E-state index >= 15 is 0 Å². The van der Waals surface area contributed by atoms with Crippen molar-refractivity contribution in [1.82, 2.24) is 5.43 Å². The van der Waals surface area contributed by atoms with E-state index in [0.717, 1.165) is 22.6 Å². The summed E-state index contributed by atoms with van der Waals surface area (Å²) in [6.07, 6.45) is 2.14. The van der Waals surface area contributed by atoms with E-state index in [1.54, 1.807) is 6.21 Å². The van der Waals surface area contributed by atoms with Crippen LogP contribution >= 0.6 is 0 Å². The largest absolute Gasteiger partial charge is 0.311 e. The zero-order valence-electron chi connectivity index (χ0n) is 13.0. The molecule has 0 aromatic heterocycles. The van der Waals surface area contributed by atoms with Gasteiger partial charge in [-0.1, -0.05) is 48.5 Å². The third kappa shape index (κ3) is 3.67. The van der Waals surface area contributed by atoms with Crippen LogP contribution in [0.25, 0.3) is 0 Å². The normalized spacial score (nSPS) is 10.5. The first-order valence-electron chi connectivity index (χ1n) is 7.61. The molecular weight excluding hydrogens is 298 g/mol. The lowest BCUT2D eigenvalue weighted by Crippen LogP contribution is -2.09. The molecule has 1 amide bonds. The Labute approximate surface area is 141 Å². The van der Waals surface area contributed by atoms with E-state index in [4.69, 9.17) is 0 Å². The van der Waals surface area contributed by atoms with Crippen LogP contribution in [-0.2, 0) is 4.79 Å². The number of para-hydroxylation sites is 2. The SMILES string of the molecule is O=CN/N=C/c1ccc(N(c2ccccc2)c2ccccc2)cc1. The van der Waals surface area contributed by atoms with E-state index in [2.05, 4.69) is 39.7 Å². The molecule has 3 rings (SSSR count). The Bertz CT molecular complexity index is 760. The summed E-state index contributed by atoms with van der Waals surface area (Å²) in [4.78, 5) is 12.4. The van der Waals surface area contributed by atoms with Gasteiger partial charge < -0.3 is 4.90 Å². The van der Waals surface area contributed by atoms with E-state index < -0.39 is 0 Å². The highest BCUT2D eigenvalue weighted by Gasteiger charge is 2.11. The minimum Gasteiger partial charge on any atom is -0.311 e. The van der Waals surface area contributed by atoms with Crippen LogP contribution in [0.5, 0.6) is 0 Å². The number of anilines is 3. The van der Waals surface area contributed by atoms with Gasteiger partial charge in [0.1, 0.15) is 0 Å². The van der Waals surface area contributed by atoms with Gasteiger partial charge in [-0.3, -0.25) is 4.79 Å². The molecule has 1 N–H and O–H groups in total. The molecule has 0 fully saturated rings. The number of amides is 1. The molecule has 4 nitrogen and oxygen atoms in total. The zero-order valence-corrected chi connectivity index (χ0v) is 13.0. The molecule has 0 saturated carbocycles. The second-order valence-electron chi connectivity index (χ2n) is 5.10. The number of hydrogen-bond donors (Lipinski definition) is 1. The molecule has 0 unspecified atom stereocenters. The quantitative estimate of drug-likeness (QED) is 0.420. The van der Waals surface area contributed by atoms with E-state index in [0.29, 0.717) is 6.41 Å². The molecule has 3 aromatic rings. The van der Waals surface area contributed by atoms with Crippen molar-refractivity contribution in [2.24, 2.45) is 5.10 Å². The van der Waals surface area contributed by atoms with Crippen molar-refractivity contribution in [3.05, 3.63) is 90.5 Å². The molecule has 0 bridgehead atoms.